The molecule has 52 heavy (non-hydrogen) atoms. The third kappa shape index (κ3) is 5.85. The predicted octanol–water partition coefficient (Wildman–Crippen LogP) is 12.6. The molecule has 1 heterocycles. The highest BCUT2D eigenvalue weighted by Crippen LogP contribution is 2.44. The van der Waals surface area contributed by atoms with Crippen molar-refractivity contribution in [3.63, 3.8) is 0 Å². The molecule has 0 aliphatic carbocycles. The smallest absolute Gasteiger partial charge is 0.159 e. The Hall–Kier alpha value is -6.97. The maximum Gasteiger partial charge on any atom is 0.159 e. The molecule has 0 fully saturated rings. The van der Waals surface area contributed by atoms with Crippen LogP contribution >= 0.6 is 0 Å². The number of benzene rings is 8. The normalized spacial score (nSPS) is 12.0. The molecule has 9 aromatic rings. The van der Waals surface area contributed by atoms with E-state index in [0.717, 1.165) is 33.2 Å². The summed E-state index contributed by atoms with van der Waals surface area (Å²) < 4.78 is 0. The van der Waals surface area contributed by atoms with Crippen LogP contribution in [0.5, 0.6) is 0 Å². The fourth-order valence-electron chi connectivity index (χ4n) is 7.21. The molecule has 9 rings (SSSR count). The third-order valence-corrected chi connectivity index (χ3v) is 9.69. The van der Waals surface area contributed by atoms with Crippen molar-refractivity contribution in [3.8, 4) is 22.3 Å². The molecule has 0 saturated carbocycles. The molecule has 0 aliphatic heterocycles. The van der Waals surface area contributed by atoms with Crippen LogP contribution in [0.2, 0.25) is 0 Å². The van der Waals surface area contributed by atoms with Gasteiger partial charge in [0.1, 0.15) is 0 Å². The molecule has 8 aromatic carbocycles. The first-order valence-corrected chi connectivity index (χ1v) is 17.4. The average molecular weight is 664 g/mol. The Morgan fingerprint density at radius 2 is 1.12 bits per heavy atom. The molecule has 3 nitrogen and oxygen atoms in total. The van der Waals surface area contributed by atoms with Crippen molar-refractivity contribution in [1.29, 1.82) is 0 Å². The summed E-state index contributed by atoms with van der Waals surface area (Å²) in [6.45, 7) is 4.29. The first-order valence-electron chi connectivity index (χ1n) is 17.4. The van der Waals surface area contributed by atoms with E-state index in [2.05, 4.69) is 139 Å². The average Bonchev–Trinajstić information content (AvgIpc) is 3.21. The second kappa shape index (κ2) is 13.4. The summed E-state index contributed by atoms with van der Waals surface area (Å²) >= 11 is 0. The second-order valence-corrected chi connectivity index (χ2v) is 12.9. The van der Waals surface area contributed by atoms with Gasteiger partial charge in [0.25, 0.3) is 0 Å². The van der Waals surface area contributed by atoms with Gasteiger partial charge in [-0.2, -0.15) is 0 Å². The number of aromatic nitrogens is 1. The maximum atomic E-state index is 5.02. The molecule has 1 aromatic heterocycles. The molecule has 244 valence electrons. The molecular weight excluding hydrogens is 631 g/mol. The van der Waals surface area contributed by atoms with Gasteiger partial charge in [-0.25, -0.2) is 9.98 Å². The summed E-state index contributed by atoms with van der Waals surface area (Å²) in [5, 5.41) is 8.38. The molecule has 0 amide bonds. The summed E-state index contributed by atoms with van der Waals surface area (Å²) in [7, 11) is 0. The van der Waals surface area contributed by atoms with Gasteiger partial charge in [0.05, 0.1) is 11.2 Å². The maximum absolute atomic E-state index is 5.02. The van der Waals surface area contributed by atoms with Gasteiger partial charge in [0.2, 0.25) is 0 Å². The van der Waals surface area contributed by atoms with Gasteiger partial charge in [0, 0.05) is 23.4 Å². The van der Waals surface area contributed by atoms with Crippen molar-refractivity contribution in [3.05, 3.63) is 205 Å². The van der Waals surface area contributed by atoms with Crippen LogP contribution in [0.1, 0.15) is 16.7 Å². The lowest BCUT2D eigenvalue weighted by molar-refractivity contribution is 1.40. The zero-order valence-corrected chi connectivity index (χ0v) is 28.4. The lowest BCUT2D eigenvalue weighted by Gasteiger charge is -2.18. The van der Waals surface area contributed by atoms with Crippen molar-refractivity contribution in [2.45, 2.75) is 0 Å². The van der Waals surface area contributed by atoms with Crippen LogP contribution in [0, 0.1) is 0 Å². The Labute approximate surface area is 302 Å². The van der Waals surface area contributed by atoms with E-state index in [9.17, 15) is 0 Å². The Morgan fingerprint density at radius 3 is 1.85 bits per heavy atom. The summed E-state index contributed by atoms with van der Waals surface area (Å²) in [4.78, 5) is 14.5. The molecule has 0 aliphatic rings. The first-order chi connectivity index (χ1) is 25.7. The van der Waals surface area contributed by atoms with E-state index in [1.165, 1.54) is 49.0 Å². The number of hydrogen-bond acceptors (Lipinski definition) is 2. The monoisotopic (exact) mass is 663 g/mol. The summed E-state index contributed by atoms with van der Waals surface area (Å²) in [6, 6.07) is 61.7. The van der Waals surface area contributed by atoms with Crippen LogP contribution in [-0.2, 0) is 0 Å². The minimum absolute atomic E-state index is 0.584. The van der Waals surface area contributed by atoms with Crippen molar-refractivity contribution >= 4 is 61.0 Å². The van der Waals surface area contributed by atoms with Gasteiger partial charge < -0.3 is 0 Å². The molecular formula is C49H33N3. The van der Waals surface area contributed by atoms with Crippen molar-refractivity contribution in [2.75, 3.05) is 0 Å². The van der Waals surface area contributed by atoms with Gasteiger partial charge in [-0.1, -0.05) is 146 Å². The zero-order valence-electron chi connectivity index (χ0n) is 28.4. The van der Waals surface area contributed by atoms with E-state index in [4.69, 9.17) is 9.98 Å². The Morgan fingerprint density at radius 1 is 0.481 bits per heavy atom. The lowest BCUT2D eigenvalue weighted by atomic mass is 9.85. The SMILES string of the molecule is C=C(/N=C(\N=C\c1cccc(-c2c3ccccc3c(-c3ccc4ccccc4c3)c3ccccc23)c1)c1ccc2ncccc2c1)c1ccccc1. The minimum Gasteiger partial charge on any atom is -0.256 e. The largest absolute Gasteiger partial charge is 0.256 e. The van der Waals surface area contributed by atoms with E-state index in [0.29, 0.717) is 11.5 Å². The summed E-state index contributed by atoms with van der Waals surface area (Å²) in [5.41, 5.74) is 9.20. The van der Waals surface area contributed by atoms with Crippen LogP contribution < -0.4 is 0 Å². The number of hydrogen-bond donors (Lipinski definition) is 0. The molecule has 0 bridgehead atoms. The molecule has 3 heteroatoms. The number of aliphatic imine (C=N–C) groups is 2. The topological polar surface area (TPSA) is 37.6 Å². The van der Waals surface area contributed by atoms with Crippen LogP contribution in [-0.4, -0.2) is 17.0 Å². The highest BCUT2D eigenvalue weighted by molar-refractivity contribution is 6.22. The highest BCUT2D eigenvalue weighted by Gasteiger charge is 2.17. The Kier molecular flexibility index (Phi) is 7.99. The number of nitrogens with zero attached hydrogens (tertiary/aromatic N) is 3. The van der Waals surface area contributed by atoms with Crippen LogP contribution in [0.15, 0.2) is 199 Å². The van der Waals surface area contributed by atoms with Crippen molar-refractivity contribution < 1.29 is 0 Å². The van der Waals surface area contributed by atoms with Crippen molar-refractivity contribution in [1.82, 2.24) is 4.98 Å². The number of rotatable bonds is 6. The van der Waals surface area contributed by atoms with Gasteiger partial charge in [-0.3, -0.25) is 4.98 Å². The Balaban J connectivity index is 1.17. The lowest BCUT2D eigenvalue weighted by Crippen LogP contribution is -2.00. The Bertz CT molecular complexity index is 2810. The highest BCUT2D eigenvalue weighted by atomic mass is 14.9. The zero-order chi connectivity index (χ0) is 34.9. The second-order valence-electron chi connectivity index (χ2n) is 12.9. The number of pyridine rings is 1. The standard InChI is InChI=1S/C49H33N3/c1-33(35-14-3-2-4-15-35)52-49(41-26-27-46-38(31-41)19-12-28-50-46)51-32-34-13-11-18-39(29-34)47-42-20-7-9-22-44(42)48(45-23-10-8-21-43(45)47)40-25-24-36-16-5-6-17-37(36)30-40/h2-32H,1H2/b51-32+,52-49-. The fourth-order valence-corrected chi connectivity index (χ4v) is 7.21. The van der Waals surface area contributed by atoms with E-state index in [-0.39, 0.29) is 0 Å². The molecule has 0 atom stereocenters. The van der Waals surface area contributed by atoms with E-state index < -0.39 is 0 Å². The van der Waals surface area contributed by atoms with E-state index >= 15 is 0 Å². The minimum atomic E-state index is 0.584. The molecule has 0 saturated heterocycles. The van der Waals surface area contributed by atoms with Gasteiger partial charge in [-0.15, -0.1) is 0 Å². The van der Waals surface area contributed by atoms with Gasteiger partial charge in [-0.05, 0) is 102 Å². The van der Waals surface area contributed by atoms with E-state index in [1.54, 1.807) is 0 Å². The quantitative estimate of drug-likeness (QED) is 0.0991. The number of amidine groups is 1. The van der Waals surface area contributed by atoms with Crippen LogP contribution in [0.4, 0.5) is 0 Å². The molecule has 0 spiro atoms. The predicted molar refractivity (Wildman–Crippen MR) is 221 cm³/mol. The van der Waals surface area contributed by atoms with Crippen LogP contribution in [0.25, 0.3) is 71.2 Å². The summed E-state index contributed by atoms with van der Waals surface area (Å²) in [6.07, 6.45) is 3.71. The first kappa shape index (κ1) is 31.0. The van der Waals surface area contributed by atoms with Crippen LogP contribution in [0.3, 0.4) is 0 Å². The fraction of sp³-hybridized carbons (Fsp3) is 0. The van der Waals surface area contributed by atoms with Crippen molar-refractivity contribution in [2.24, 2.45) is 9.98 Å². The third-order valence-electron chi connectivity index (χ3n) is 9.69. The van der Waals surface area contributed by atoms with E-state index in [1.807, 2.05) is 60.9 Å². The molecule has 0 N–H and O–H groups in total. The molecule has 0 radical (unpaired) electrons. The number of fused-ring (bicyclic) bond motifs is 4. The molecule has 0 unspecified atom stereocenters. The van der Waals surface area contributed by atoms with Gasteiger partial charge >= 0.3 is 0 Å². The van der Waals surface area contributed by atoms with Gasteiger partial charge in [0.15, 0.2) is 5.84 Å². The summed E-state index contributed by atoms with van der Waals surface area (Å²) in [5.74, 6) is 0.584.